The number of carbonyl (C=O) groups is 1. The molecule has 0 bridgehead atoms. The van der Waals surface area contributed by atoms with Crippen LogP contribution in [0.4, 0.5) is 0 Å². The first-order chi connectivity index (χ1) is 12.8. The van der Waals surface area contributed by atoms with E-state index in [1.165, 1.54) is 70.6 Å². The van der Waals surface area contributed by atoms with E-state index in [1.807, 2.05) is 4.90 Å². The van der Waals surface area contributed by atoms with Crippen LogP contribution >= 0.6 is 0 Å². The lowest BCUT2D eigenvalue weighted by atomic mass is 10.1. The van der Waals surface area contributed by atoms with Crippen molar-refractivity contribution in [3.05, 3.63) is 37.5 Å². The molecule has 0 aromatic heterocycles. The maximum absolute atomic E-state index is 12.1. The van der Waals surface area contributed by atoms with Crippen LogP contribution in [-0.4, -0.2) is 23.9 Å². The van der Waals surface area contributed by atoms with Gasteiger partial charge in [0.25, 0.3) is 0 Å². The summed E-state index contributed by atoms with van der Waals surface area (Å²) in [5.74, 6) is 0.224. The smallest absolute Gasteiger partial charge is 0.223 e. The molecule has 0 atom stereocenters. The number of allylic oxidation sites excluding steroid dienone is 2. The Morgan fingerprint density at radius 1 is 0.731 bits per heavy atom. The molecule has 0 saturated carbocycles. The van der Waals surface area contributed by atoms with Crippen LogP contribution in [0.15, 0.2) is 37.5 Å². The second kappa shape index (κ2) is 20.0. The zero-order chi connectivity index (χ0) is 19.3. The molecule has 0 heterocycles. The zero-order valence-corrected chi connectivity index (χ0v) is 17.4. The molecule has 0 N–H and O–H groups in total. The Morgan fingerprint density at radius 2 is 1.19 bits per heavy atom. The van der Waals surface area contributed by atoms with E-state index in [-0.39, 0.29) is 5.91 Å². The van der Waals surface area contributed by atoms with Gasteiger partial charge in [-0.1, -0.05) is 82.6 Å². The molecule has 0 saturated heterocycles. The molecule has 0 spiro atoms. The van der Waals surface area contributed by atoms with E-state index in [2.05, 4.69) is 32.2 Å². The largest absolute Gasteiger partial charge is 0.335 e. The molecule has 0 unspecified atom stereocenters. The number of rotatable bonds is 19. The predicted octanol–water partition coefficient (Wildman–Crippen LogP) is 7.22. The lowest BCUT2D eigenvalue weighted by Gasteiger charge is -2.19. The van der Waals surface area contributed by atoms with Gasteiger partial charge in [0.2, 0.25) is 5.91 Å². The molecule has 0 rings (SSSR count). The van der Waals surface area contributed by atoms with Crippen molar-refractivity contribution in [1.82, 2.24) is 4.90 Å². The Morgan fingerprint density at radius 3 is 1.69 bits per heavy atom. The topological polar surface area (TPSA) is 20.3 Å². The molecule has 0 fully saturated rings. The second-order valence-corrected chi connectivity index (χ2v) is 7.21. The quantitative estimate of drug-likeness (QED) is 0.176. The van der Waals surface area contributed by atoms with Crippen LogP contribution in [0.25, 0.3) is 0 Å². The highest BCUT2D eigenvalue weighted by atomic mass is 16.2. The van der Waals surface area contributed by atoms with Crippen LogP contribution in [0.3, 0.4) is 0 Å². The Balaban J connectivity index is 3.42. The molecule has 2 nitrogen and oxygen atoms in total. The average molecular weight is 362 g/mol. The van der Waals surface area contributed by atoms with Crippen LogP contribution in [0.1, 0.15) is 96.8 Å². The maximum Gasteiger partial charge on any atom is 0.223 e. The van der Waals surface area contributed by atoms with E-state index in [0.717, 1.165) is 12.8 Å². The molecule has 0 aliphatic carbocycles. The molecule has 150 valence electrons. The maximum atomic E-state index is 12.1. The number of hydrogen-bond donors (Lipinski definition) is 0. The van der Waals surface area contributed by atoms with Gasteiger partial charge >= 0.3 is 0 Å². The fraction of sp³-hybridized carbons (Fsp3) is 0.708. The summed E-state index contributed by atoms with van der Waals surface area (Å²) in [6.07, 6.45) is 25.6. The first-order valence-electron chi connectivity index (χ1n) is 10.9. The second-order valence-electron chi connectivity index (χ2n) is 7.21. The Labute approximate surface area is 163 Å². The van der Waals surface area contributed by atoms with E-state index in [1.54, 1.807) is 12.2 Å². The van der Waals surface area contributed by atoms with E-state index in [4.69, 9.17) is 0 Å². The molecule has 26 heavy (non-hydrogen) atoms. The highest BCUT2D eigenvalue weighted by Crippen LogP contribution is 2.10. The van der Waals surface area contributed by atoms with Crippen molar-refractivity contribution in [2.24, 2.45) is 0 Å². The zero-order valence-electron chi connectivity index (χ0n) is 17.4. The summed E-state index contributed by atoms with van der Waals surface area (Å²) in [6, 6.07) is 0. The van der Waals surface area contributed by atoms with Crippen LogP contribution < -0.4 is 0 Å². The lowest BCUT2D eigenvalue weighted by Crippen LogP contribution is -2.30. The van der Waals surface area contributed by atoms with Gasteiger partial charge in [-0.2, -0.15) is 0 Å². The van der Waals surface area contributed by atoms with Crippen molar-refractivity contribution in [3.8, 4) is 0 Å². The highest BCUT2D eigenvalue weighted by molar-refractivity contribution is 5.76. The van der Waals surface area contributed by atoms with E-state index in [0.29, 0.717) is 19.5 Å². The summed E-state index contributed by atoms with van der Waals surface area (Å²) in [6.45, 7) is 10.9. The van der Waals surface area contributed by atoms with Gasteiger partial charge < -0.3 is 4.90 Å². The van der Waals surface area contributed by atoms with Crippen molar-refractivity contribution in [2.75, 3.05) is 13.1 Å². The molecule has 0 aliphatic heterocycles. The normalized spacial score (nSPS) is 11.0. The van der Waals surface area contributed by atoms with Gasteiger partial charge in [0, 0.05) is 19.5 Å². The van der Waals surface area contributed by atoms with E-state index in [9.17, 15) is 4.79 Å². The number of nitrogens with zero attached hydrogens (tertiary/aromatic N) is 1. The van der Waals surface area contributed by atoms with Gasteiger partial charge in [-0.3, -0.25) is 4.79 Å². The molecular weight excluding hydrogens is 318 g/mol. The van der Waals surface area contributed by atoms with Gasteiger partial charge in [-0.15, -0.1) is 13.2 Å². The van der Waals surface area contributed by atoms with Gasteiger partial charge in [-0.25, -0.2) is 0 Å². The third kappa shape index (κ3) is 16.2. The van der Waals surface area contributed by atoms with Gasteiger partial charge in [0.05, 0.1) is 0 Å². The summed E-state index contributed by atoms with van der Waals surface area (Å²) < 4.78 is 0. The Bertz CT molecular complexity index is 362. The summed E-state index contributed by atoms with van der Waals surface area (Å²) in [7, 11) is 0. The summed E-state index contributed by atoms with van der Waals surface area (Å²) in [5.41, 5.74) is 0. The predicted molar refractivity (Wildman–Crippen MR) is 116 cm³/mol. The minimum atomic E-state index is 0.224. The Kier molecular flexibility index (Phi) is 19.0. The Hall–Kier alpha value is -1.31. The van der Waals surface area contributed by atoms with Crippen LogP contribution in [0.2, 0.25) is 0 Å². The number of unbranched alkanes of at least 4 members (excludes halogenated alkanes) is 11. The van der Waals surface area contributed by atoms with E-state index >= 15 is 0 Å². The molecule has 0 aromatic carbocycles. The van der Waals surface area contributed by atoms with Crippen LogP contribution in [-0.2, 0) is 4.79 Å². The first-order valence-corrected chi connectivity index (χ1v) is 10.9. The van der Waals surface area contributed by atoms with Crippen molar-refractivity contribution >= 4 is 5.91 Å². The SMILES string of the molecule is C=CCN(CC=C)C(=O)CCCCCCC/C=C\CCCCCCCC. The molecular formula is C24H43NO. The van der Waals surface area contributed by atoms with Crippen molar-refractivity contribution in [2.45, 2.75) is 96.8 Å². The summed E-state index contributed by atoms with van der Waals surface area (Å²) >= 11 is 0. The number of amides is 1. The minimum absolute atomic E-state index is 0.224. The number of carbonyl (C=O) groups excluding carboxylic acids is 1. The van der Waals surface area contributed by atoms with Gasteiger partial charge in [0.15, 0.2) is 0 Å². The lowest BCUT2D eigenvalue weighted by molar-refractivity contribution is -0.130. The molecule has 0 aliphatic rings. The standard InChI is InChI=1S/C24H43NO/c1-4-7-8-9-10-11-12-13-14-15-16-17-18-19-20-21-24(26)25(22-5-2)23-6-3/h5-6,13-14H,2-4,7-12,15-23H2,1H3/b14-13-. The first kappa shape index (κ1) is 24.7. The third-order valence-corrected chi connectivity index (χ3v) is 4.70. The molecule has 1 amide bonds. The van der Waals surface area contributed by atoms with Gasteiger partial charge in [0.1, 0.15) is 0 Å². The molecule has 0 radical (unpaired) electrons. The number of hydrogen-bond acceptors (Lipinski definition) is 1. The monoisotopic (exact) mass is 361 g/mol. The van der Waals surface area contributed by atoms with Crippen molar-refractivity contribution in [1.29, 1.82) is 0 Å². The fourth-order valence-electron chi connectivity index (χ4n) is 3.09. The fourth-order valence-corrected chi connectivity index (χ4v) is 3.09. The highest BCUT2D eigenvalue weighted by Gasteiger charge is 2.09. The molecule has 2 heteroatoms. The van der Waals surface area contributed by atoms with Crippen molar-refractivity contribution < 1.29 is 4.79 Å². The van der Waals surface area contributed by atoms with E-state index < -0.39 is 0 Å². The van der Waals surface area contributed by atoms with Gasteiger partial charge in [-0.05, 0) is 32.1 Å². The minimum Gasteiger partial charge on any atom is -0.335 e. The van der Waals surface area contributed by atoms with Crippen LogP contribution in [0.5, 0.6) is 0 Å². The molecule has 0 aromatic rings. The summed E-state index contributed by atoms with van der Waals surface area (Å²) in [5, 5.41) is 0. The van der Waals surface area contributed by atoms with Crippen LogP contribution in [0, 0.1) is 0 Å². The van der Waals surface area contributed by atoms with Crippen molar-refractivity contribution in [3.63, 3.8) is 0 Å². The summed E-state index contributed by atoms with van der Waals surface area (Å²) in [4.78, 5) is 13.9. The third-order valence-electron chi connectivity index (χ3n) is 4.70. The average Bonchev–Trinajstić information content (AvgIpc) is 2.64.